The van der Waals surface area contributed by atoms with Crippen LogP contribution in [0.15, 0.2) is 0 Å². The van der Waals surface area contributed by atoms with Crippen LogP contribution in [0.1, 0.15) is 13.8 Å². The molecule has 0 bridgehead atoms. The summed E-state index contributed by atoms with van der Waals surface area (Å²) >= 11 is 0. The molecule has 4 atom stereocenters. The van der Waals surface area contributed by atoms with Crippen LogP contribution >= 0.6 is 0 Å². The zero-order valence-corrected chi connectivity index (χ0v) is 7.95. The molecule has 2 N–H and O–H groups in total. The first-order valence-corrected chi connectivity index (χ1v) is 4.08. The largest absolute Gasteiger partial charge is 0.394 e. The van der Waals surface area contributed by atoms with Crippen LogP contribution in [0.2, 0.25) is 0 Å². The second kappa shape index (κ2) is 3.16. The van der Waals surface area contributed by atoms with Crippen LogP contribution in [0, 0.1) is 0 Å². The highest BCUT2D eigenvalue weighted by atomic mass is 19.1. The summed E-state index contributed by atoms with van der Waals surface area (Å²) in [5.41, 5.74) is -3.75. The van der Waals surface area contributed by atoms with Crippen molar-refractivity contribution in [3.63, 3.8) is 0 Å². The Morgan fingerprint density at radius 2 is 2.08 bits per heavy atom. The minimum absolute atomic E-state index is 0.438. The van der Waals surface area contributed by atoms with Crippen molar-refractivity contribution in [1.82, 2.24) is 0 Å². The van der Waals surface area contributed by atoms with Crippen molar-refractivity contribution >= 4 is 0 Å². The predicted octanol–water partition coefficient (Wildman–Crippen LogP) is -0.171. The molecular weight excluding hydrogens is 179 g/mol. The smallest absolute Gasteiger partial charge is 0.194 e. The SMILES string of the molecule is COC1O[C@H](CO)[C@](C)(O)[C@@]1(C)F. The van der Waals surface area contributed by atoms with Crippen LogP contribution in [-0.2, 0) is 9.47 Å². The van der Waals surface area contributed by atoms with Gasteiger partial charge in [-0.25, -0.2) is 4.39 Å². The Labute approximate surface area is 76.3 Å². The van der Waals surface area contributed by atoms with Crippen molar-refractivity contribution < 1.29 is 24.1 Å². The van der Waals surface area contributed by atoms with Crippen LogP contribution in [0.5, 0.6) is 0 Å². The minimum Gasteiger partial charge on any atom is -0.394 e. The van der Waals surface area contributed by atoms with Gasteiger partial charge in [-0.1, -0.05) is 0 Å². The lowest BCUT2D eigenvalue weighted by Gasteiger charge is -2.31. The molecule has 0 spiro atoms. The molecule has 0 saturated carbocycles. The van der Waals surface area contributed by atoms with Gasteiger partial charge in [-0.15, -0.1) is 0 Å². The van der Waals surface area contributed by atoms with Gasteiger partial charge in [-0.2, -0.15) is 0 Å². The van der Waals surface area contributed by atoms with E-state index in [0.717, 1.165) is 0 Å². The lowest BCUT2D eigenvalue weighted by molar-refractivity contribution is -0.165. The van der Waals surface area contributed by atoms with Crippen LogP contribution in [0.4, 0.5) is 4.39 Å². The maximum atomic E-state index is 13.9. The molecule has 1 fully saturated rings. The summed E-state index contributed by atoms with van der Waals surface area (Å²) in [6.45, 7) is 2.04. The molecule has 1 heterocycles. The van der Waals surface area contributed by atoms with Gasteiger partial charge in [-0.3, -0.25) is 0 Å². The van der Waals surface area contributed by atoms with E-state index in [0.29, 0.717) is 0 Å². The summed E-state index contributed by atoms with van der Waals surface area (Å²) in [7, 11) is 1.29. The quantitative estimate of drug-likeness (QED) is 0.640. The summed E-state index contributed by atoms with van der Waals surface area (Å²) in [5, 5.41) is 18.6. The predicted molar refractivity (Wildman–Crippen MR) is 42.9 cm³/mol. The van der Waals surface area contributed by atoms with Crippen LogP contribution in [-0.4, -0.2) is 47.6 Å². The monoisotopic (exact) mass is 194 g/mol. The summed E-state index contributed by atoms with van der Waals surface area (Å²) in [6.07, 6.45) is -2.09. The van der Waals surface area contributed by atoms with Crippen molar-refractivity contribution in [2.24, 2.45) is 0 Å². The first-order chi connectivity index (χ1) is 5.87. The molecule has 1 rings (SSSR count). The standard InChI is InChI=1S/C8H15FO4/c1-7(9)6(12-3)13-5(4-10)8(7,2)11/h5-6,10-11H,4H2,1-3H3/t5-,6?,7+,8+/m1/s1. The van der Waals surface area contributed by atoms with Gasteiger partial charge in [0.25, 0.3) is 0 Å². The Morgan fingerprint density at radius 3 is 2.31 bits per heavy atom. The Kier molecular flexibility index (Phi) is 2.64. The van der Waals surface area contributed by atoms with E-state index >= 15 is 0 Å². The third kappa shape index (κ3) is 1.36. The van der Waals surface area contributed by atoms with E-state index in [2.05, 4.69) is 0 Å². The average molecular weight is 194 g/mol. The van der Waals surface area contributed by atoms with Crippen molar-refractivity contribution in [3.05, 3.63) is 0 Å². The van der Waals surface area contributed by atoms with E-state index in [1.165, 1.54) is 21.0 Å². The van der Waals surface area contributed by atoms with Crippen molar-refractivity contribution in [2.75, 3.05) is 13.7 Å². The number of methoxy groups -OCH3 is 1. The maximum absolute atomic E-state index is 13.9. The first-order valence-electron chi connectivity index (χ1n) is 4.08. The van der Waals surface area contributed by atoms with Crippen LogP contribution in [0.25, 0.3) is 0 Å². The summed E-state index contributed by atoms with van der Waals surface area (Å²) in [4.78, 5) is 0. The molecule has 13 heavy (non-hydrogen) atoms. The number of hydrogen-bond donors (Lipinski definition) is 2. The van der Waals surface area contributed by atoms with Gasteiger partial charge in [0.05, 0.1) is 6.61 Å². The number of ether oxygens (including phenoxy) is 2. The lowest BCUT2D eigenvalue weighted by Crippen LogP contribution is -2.53. The Hall–Kier alpha value is -0.230. The molecule has 0 aromatic carbocycles. The molecule has 1 aliphatic rings. The lowest BCUT2D eigenvalue weighted by atomic mass is 9.85. The molecular formula is C8H15FO4. The topological polar surface area (TPSA) is 58.9 Å². The van der Waals surface area contributed by atoms with Crippen molar-refractivity contribution in [1.29, 1.82) is 0 Å². The fraction of sp³-hybridized carbons (Fsp3) is 1.00. The molecule has 0 amide bonds. The molecule has 5 heteroatoms. The van der Waals surface area contributed by atoms with Gasteiger partial charge >= 0.3 is 0 Å². The molecule has 1 saturated heterocycles. The summed E-state index contributed by atoms with van der Waals surface area (Å²) in [6, 6.07) is 0. The highest BCUT2D eigenvalue weighted by Gasteiger charge is 2.62. The van der Waals surface area contributed by atoms with E-state index < -0.39 is 30.3 Å². The highest BCUT2D eigenvalue weighted by Crippen LogP contribution is 2.42. The molecule has 78 valence electrons. The second-order valence-electron chi connectivity index (χ2n) is 3.60. The molecule has 0 radical (unpaired) electrons. The van der Waals surface area contributed by atoms with Gasteiger partial charge in [0.1, 0.15) is 11.7 Å². The number of rotatable bonds is 2. The van der Waals surface area contributed by atoms with Crippen molar-refractivity contribution in [3.8, 4) is 0 Å². The van der Waals surface area contributed by atoms with Crippen molar-refractivity contribution in [2.45, 2.75) is 37.5 Å². The molecule has 0 aromatic heterocycles. The third-order valence-electron chi connectivity index (χ3n) is 2.73. The zero-order valence-electron chi connectivity index (χ0n) is 7.95. The number of halogens is 1. The van der Waals surface area contributed by atoms with E-state index in [1.54, 1.807) is 0 Å². The Bertz CT molecular complexity index is 173. The van der Waals surface area contributed by atoms with E-state index in [-0.39, 0.29) is 0 Å². The zero-order chi connectivity index (χ0) is 10.3. The summed E-state index contributed by atoms with van der Waals surface area (Å²) in [5.74, 6) is 0. The molecule has 0 aromatic rings. The number of aliphatic hydroxyl groups is 2. The maximum Gasteiger partial charge on any atom is 0.194 e. The van der Waals surface area contributed by atoms with E-state index in [9.17, 15) is 9.50 Å². The Morgan fingerprint density at radius 1 is 1.54 bits per heavy atom. The van der Waals surface area contributed by atoms with Crippen LogP contribution < -0.4 is 0 Å². The first kappa shape index (κ1) is 10.8. The fourth-order valence-electron chi connectivity index (χ4n) is 1.46. The number of hydrogen-bond acceptors (Lipinski definition) is 4. The van der Waals surface area contributed by atoms with Gasteiger partial charge in [0.15, 0.2) is 12.0 Å². The van der Waals surface area contributed by atoms with Crippen LogP contribution in [0.3, 0.4) is 0 Å². The summed E-state index contributed by atoms with van der Waals surface area (Å²) < 4.78 is 23.6. The van der Waals surface area contributed by atoms with E-state index in [1.807, 2.05) is 0 Å². The molecule has 1 aliphatic heterocycles. The van der Waals surface area contributed by atoms with Gasteiger partial charge in [0, 0.05) is 7.11 Å². The Balaban J connectivity index is 2.93. The number of aliphatic hydroxyl groups excluding tert-OH is 1. The third-order valence-corrected chi connectivity index (χ3v) is 2.73. The van der Waals surface area contributed by atoms with Gasteiger partial charge in [0.2, 0.25) is 0 Å². The van der Waals surface area contributed by atoms with Gasteiger partial charge in [-0.05, 0) is 13.8 Å². The van der Waals surface area contributed by atoms with E-state index in [4.69, 9.17) is 14.6 Å². The molecule has 0 aliphatic carbocycles. The normalized spacial score (nSPS) is 51.2. The van der Waals surface area contributed by atoms with Gasteiger partial charge < -0.3 is 19.7 Å². The average Bonchev–Trinajstić information content (AvgIpc) is 2.20. The fourth-order valence-corrected chi connectivity index (χ4v) is 1.46. The highest BCUT2D eigenvalue weighted by molar-refractivity contribution is 5.07. The second-order valence-corrected chi connectivity index (χ2v) is 3.60. The molecule has 4 nitrogen and oxygen atoms in total. The molecule has 1 unspecified atom stereocenters. The minimum atomic E-state index is -2.02. The number of alkyl halides is 1.